The first-order chi connectivity index (χ1) is 36.8. The third-order valence-electron chi connectivity index (χ3n) is 13.3. The quantitative estimate of drug-likeness (QED) is 0.0298. The van der Waals surface area contributed by atoms with Crippen LogP contribution in [0.1, 0.15) is 27.2 Å². The first kappa shape index (κ1) is 65.2. The minimum atomic E-state index is -3.35. The molecule has 0 aromatic carbocycles. The van der Waals surface area contributed by atoms with Gasteiger partial charge >= 0.3 is 5.97 Å². The molecule has 35 nitrogen and oxygen atoms in total. The van der Waals surface area contributed by atoms with Gasteiger partial charge in [0.2, 0.25) is 24.0 Å². The summed E-state index contributed by atoms with van der Waals surface area (Å²) >= 11 is 0. The van der Waals surface area contributed by atoms with E-state index in [1.807, 2.05) is 0 Å². The van der Waals surface area contributed by atoms with Crippen molar-refractivity contribution < 1.29 is 158 Å². The number of aliphatic hydroxyl groups is 15. The van der Waals surface area contributed by atoms with Crippen LogP contribution in [0.15, 0.2) is 0 Å². The molecular weight excluding hydrogens is 1070 g/mol. The van der Waals surface area contributed by atoms with Crippen molar-refractivity contribution in [1.29, 1.82) is 0 Å². The number of hydrogen-bond donors (Lipinski definition) is 18. The maximum Gasteiger partial charge on any atom is 0.302 e. The molecule has 0 aromatic rings. The molecule has 0 bridgehead atoms. The molecule has 5 aliphatic rings. The van der Waals surface area contributed by atoms with E-state index in [-0.39, 0.29) is 6.41 Å². The topological polar surface area (TPSA) is 549 Å². The van der Waals surface area contributed by atoms with E-state index in [4.69, 9.17) is 52.1 Å². The van der Waals surface area contributed by atoms with Gasteiger partial charge in [-0.1, -0.05) is 0 Å². The predicted octanol–water partition coefficient (Wildman–Crippen LogP) is -14.1. The van der Waals surface area contributed by atoms with Crippen LogP contribution in [0, 0.1) is 0 Å². The van der Waals surface area contributed by atoms with Crippen LogP contribution in [0.3, 0.4) is 0 Å². The van der Waals surface area contributed by atoms with Crippen molar-refractivity contribution in [2.45, 2.75) is 192 Å². The standard InChI is InChI=1S/C43H71N3O32/c1-13(53)45-23-17(56)4-43(42(66)67,77-36(23)25(58)18(57)11-68-15(3)55)78-37-27(60)20(7-49)71-41(32(37)65)76-35-24(46-14(2)54)38(70-19(6-48)26(35)59)74-33-22(9-51)73-40(31(64)29(33)62)75-34-21(8-50)72-39(30(63)28(34)61)69-10-16(5-47)44-12-52/h12,16-41,47-51,56-65H,4-11H2,1-3H3,(H,44,52)(H,45,53)(H,46,54)(H,66,67)/p-1/t16-,17+,18-,19-,20-,21-,22-,23-,24-,25-,26+,27+,28-,29-,30-,31-,32-,33+,34-,35-,36-,37+,38+,39-,40+,41+,43+/m1/s1. The smallest absolute Gasteiger partial charge is 0.302 e. The number of carbonyl (C=O) groups excluding carboxylic acids is 5. The van der Waals surface area contributed by atoms with Crippen LogP contribution in [0.2, 0.25) is 0 Å². The first-order valence-electron chi connectivity index (χ1n) is 24.3. The molecular formula is C43H70N3O32-. The average Bonchev–Trinajstić information content (AvgIpc) is 3.43. The van der Waals surface area contributed by atoms with Gasteiger partial charge in [0.15, 0.2) is 25.2 Å². The predicted molar refractivity (Wildman–Crippen MR) is 238 cm³/mol. The fourth-order valence-corrected chi connectivity index (χ4v) is 9.31. The number of nitrogens with one attached hydrogen (secondary N) is 3. The number of rotatable bonds is 25. The number of aliphatic hydroxyl groups excluding tert-OH is 15. The molecule has 78 heavy (non-hydrogen) atoms. The van der Waals surface area contributed by atoms with E-state index in [1.165, 1.54) is 0 Å². The Labute approximate surface area is 441 Å². The van der Waals surface area contributed by atoms with Crippen molar-refractivity contribution in [3.05, 3.63) is 0 Å². The zero-order valence-electron chi connectivity index (χ0n) is 41.9. The normalized spacial score (nSPS) is 42.4. The van der Waals surface area contributed by atoms with E-state index in [0.717, 1.165) is 20.8 Å². The van der Waals surface area contributed by atoms with Crippen LogP contribution in [0.4, 0.5) is 0 Å². The lowest BCUT2D eigenvalue weighted by Crippen LogP contribution is -2.72. The van der Waals surface area contributed by atoms with E-state index in [9.17, 15) is 106 Å². The third-order valence-corrected chi connectivity index (χ3v) is 13.3. The fraction of sp³-hybridized carbons (Fsp3) is 0.884. The molecule has 18 N–H and O–H groups in total. The highest BCUT2D eigenvalue weighted by Crippen LogP contribution is 2.39. The summed E-state index contributed by atoms with van der Waals surface area (Å²) in [6.07, 6.45) is -47.9. The van der Waals surface area contributed by atoms with E-state index in [0.29, 0.717) is 0 Å². The van der Waals surface area contributed by atoms with E-state index >= 15 is 0 Å². The van der Waals surface area contributed by atoms with E-state index < -0.39 is 241 Å². The van der Waals surface area contributed by atoms with Crippen molar-refractivity contribution in [1.82, 2.24) is 16.0 Å². The second-order valence-electron chi connectivity index (χ2n) is 18.9. The number of amides is 3. The van der Waals surface area contributed by atoms with Gasteiger partial charge in [-0.15, -0.1) is 0 Å². The molecule has 5 fully saturated rings. The van der Waals surface area contributed by atoms with Gasteiger partial charge in [-0.05, 0) is 0 Å². The zero-order valence-corrected chi connectivity index (χ0v) is 41.9. The van der Waals surface area contributed by atoms with Crippen molar-refractivity contribution in [2.24, 2.45) is 0 Å². The summed E-state index contributed by atoms with van der Waals surface area (Å²) in [4.78, 5) is 60.2. The van der Waals surface area contributed by atoms with Crippen molar-refractivity contribution in [3.8, 4) is 0 Å². The SMILES string of the molecule is CC(=O)N[C@H]1[C@H](O[C@@H]2[C@H](O)[C@@H](O)[C@H](O[C@H]3[C@H](O)[C@@H](O)[C@H](OC[C@@H](CO)NC=O)O[C@@H]3CO)O[C@@H]2CO)O[C@H](CO)[C@H](O)[C@@H]1O[C@@H]1O[C@H](CO)[C@H](O)[C@H](O[C@]2(C(=O)[O-])C[C@H](O)[C@@H](NC(C)=O)[C@H]([C@H](O)[C@H](O)COC(C)=O)O2)[C@H]1O. The summed E-state index contributed by atoms with van der Waals surface area (Å²) in [5.41, 5.74) is 0. The van der Waals surface area contributed by atoms with Gasteiger partial charge in [0, 0.05) is 27.2 Å². The summed E-state index contributed by atoms with van der Waals surface area (Å²) in [6.45, 7) is -3.32. The maximum atomic E-state index is 13.0. The van der Waals surface area contributed by atoms with Crippen molar-refractivity contribution in [2.75, 3.05) is 46.2 Å². The Bertz CT molecular complexity index is 1950. The van der Waals surface area contributed by atoms with Crippen LogP contribution < -0.4 is 21.1 Å². The van der Waals surface area contributed by atoms with Crippen molar-refractivity contribution >= 4 is 30.2 Å². The minimum absolute atomic E-state index is 0.269. The van der Waals surface area contributed by atoms with Gasteiger partial charge in [0.05, 0.1) is 57.8 Å². The molecule has 5 aliphatic heterocycles. The lowest BCUT2D eigenvalue weighted by atomic mass is 9.88. The molecule has 0 saturated carbocycles. The molecule has 0 radical (unpaired) electrons. The Morgan fingerprint density at radius 1 is 0.615 bits per heavy atom. The first-order valence-corrected chi connectivity index (χ1v) is 24.3. The number of hydrogen-bond acceptors (Lipinski definition) is 32. The maximum absolute atomic E-state index is 13.0. The van der Waals surface area contributed by atoms with Gasteiger partial charge < -0.3 is 155 Å². The lowest BCUT2D eigenvalue weighted by molar-refractivity contribution is -0.411. The second kappa shape index (κ2) is 28.9. The van der Waals surface area contributed by atoms with Crippen LogP contribution in [-0.2, 0) is 76.1 Å². The molecule has 5 heterocycles. The number of aliphatic carboxylic acids is 1. The molecule has 35 heteroatoms. The highest BCUT2D eigenvalue weighted by Gasteiger charge is 2.59. The molecule has 0 aliphatic carbocycles. The van der Waals surface area contributed by atoms with Crippen LogP contribution in [0.25, 0.3) is 0 Å². The number of carbonyl (C=O) groups is 5. The number of esters is 1. The second-order valence-corrected chi connectivity index (χ2v) is 18.9. The van der Waals surface area contributed by atoms with Crippen LogP contribution in [-0.4, -0.2) is 318 Å². The highest BCUT2D eigenvalue weighted by atomic mass is 16.8. The molecule has 5 saturated heterocycles. The Kier molecular flexibility index (Phi) is 24.1. The molecule has 27 atom stereocenters. The van der Waals surface area contributed by atoms with E-state index in [2.05, 4.69) is 16.0 Å². The highest BCUT2D eigenvalue weighted by molar-refractivity contribution is 5.75. The number of carboxylic acids is 1. The molecule has 5 rings (SSSR count). The fourth-order valence-electron chi connectivity index (χ4n) is 9.31. The summed E-state index contributed by atoms with van der Waals surface area (Å²) in [7, 11) is 0. The Balaban J connectivity index is 1.39. The molecule has 0 aromatic heterocycles. The summed E-state index contributed by atoms with van der Waals surface area (Å²) in [6, 6.07) is -4.56. The van der Waals surface area contributed by atoms with Gasteiger partial charge in [-0.25, -0.2) is 0 Å². The van der Waals surface area contributed by atoms with Gasteiger partial charge in [0.25, 0.3) is 0 Å². The van der Waals surface area contributed by atoms with Gasteiger partial charge in [-0.2, -0.15) is 0 Å². The minimum Gasteiger partial charge on any atom is -0.544 e. The zero-order chi connectivity index (χ0) is 58.1. The summed E-state index contributed by atoms with van der Waals surface area (Å²) < 4.78 is 61.6. The summed E-state index contributed by atoms with van der Waals surface area (Å²) in [5, 5.41) is 183. The third kappa shape index (κ3) is 15.1. The van der Waals surface area contributed by atoms with Crippen LogP contribution >= 0.6 is 0 Å². The lowest BCUT2D eigenvalue weighted by Gasteiger charge is -2.52. The Morgan fingerprint density at radius 3 is 1.60 bits per heavy atom. The number of carboxylic acid groups (broad SMARTS) is 1. The molecule has 450 valence electrons. The Morgan fingerprint density at radius 2 is 1.09 bits per heavy atom. The summed E-state index contributed by atoms with van der Waals surface area (Å²) in [5.74, 6) is -8.40. The Hall–Kier alpha value is -3.65. The molecule has 0 unspecified atom stereocenters. The average molecular weight is 1140 g/mol. The van der Waals surface area contributed by atoms with Gasteiger partial charge in [0.1, 0.15) is 128 Å². The van der Waals surface area contributed by atoms with Gasteiger partial charge in [-0.3, -0.25) is 19.2 Å². The largest absolute Gasteiger partial charge is 0.544 e. The molecule has 3 amide bonds. The number of ether oxygens (including phenoxy) is 11. The van der Waals surface area contributed by atoms with Crippen molar-refractivity contribution in [3.63, 3.8) is 0 Å². The van der Waals surface area contributed by atoms with Crippen LogP contribution in [0.5, 0.6) is 0 Å². The molecule has 0 spiro atoms. The monoisotopic (exact) mass is 1140 g/mol. The van der Waals surface area contributed by atoms with E-state index in [1.54, 1.807) is 0 Å².